The fraction of sp³-hybridized carbons (Fsp3) is 0.619. The summed E-state index contributed by atoms with van der Waals surface area (Å²) in [6, 6.07) is 2.77. The summed E-state index contributed by atoms with van der Waals surface area (Å²) in [5, 5.41) is 8.30. The van der Waals surface area contributed by atoms with Crippen LogP contribution in [0.2, 0.25) is 0 Å². The summed E-state index contributed by atoms with van der Waals surface area (Å²) in [6.45, 7) is 8.82. The molecule has 0 bridgehead atoms. The molecule has 3 rings (SSSR count). The zero-order valence-corrected chi connectivity index (χ0v) is 37.3. The first-order valence-electron chi connectivity index (χ1n) is 20.6. The number of amides is 7. The Balaban J connectivity index is 1.90. The van der Waals surface area contributed by atoms with Gasteiger partial charge in [0.2, 0.25) is 11.8 Å². The second-order valence-electron chi connectivity index (χ2n) is 16.1. The van der Waals surface area contributed by atoms with Gasteiger partial charge in [0.15, 0.2) is 0 Å². The summed E-state index contributed by atoms with van der Waals surface area (Å²) in [4.78, 5) is 108. The first-order valence-corrected chi connectivity index (χ1v) is 22.0. The predicted molar refractivity (Wildman–Crippen MR) is 227 cm³/mol. The van der Waals surface area contributed by atoms with Gasteiger partial charge < -0.3 is 45.4 Å². The van der Waals surface area contributed by atoms with Crippen LogP contribution in [-0.4, -0.2) is 152 Å². The number of nitrogens with two attached hydrogens (primary N) is 1. The van der Waals surface area contributed by atoms with Gasteiger partial charge in [0, 0.05) is 37.2 Å². The second kappa shape index (κ2) is 25.3. The number of hydrogen-bond acceptors (Lipinski definition) is 15. The van der Waals surface area contributed by atoms with Crippen LogP contribution in [0.1, 0.15) is 88.7 Å². The highest BCUT2D eigenvalue weighted by Gasteiger charge is 2.40. The maximum Gasteiger partial charge on any atom is 0.407 e. The number of cyclic esters (lactones) is 1. The third kappa shape index (κ3) is 17.5. The highest BCUT2D eigenvalue weighted by atomic mass is 32.2. The number of unbranched alkanes of at least 4 members (excludes halogenated alkanes) is 1. The van der Waals surface area contributed by atoms with Crippen molar-refractivity contribution in [3.8, 4) is 0 Å². The molecule has 1 unspecified atom stereocenters. The molecule has 7 amide bonds. The van der Waals surface area contributed by atoms with E-state index in [1.54, 1.807) is 53.0 Å². The SMILES string of the molecule is CSCC[C@H](NC(=O)c1cccc(C2CC(C)(C)OC(=O)NCCOCCOCCOCC(=O)N2)c1)C(=O)N(C(=O)CN)[C@@H](CCCCN1C(=O)C=CC1=O)C(=O)OC(C)(C)C. The number of hydrogen-bond donors (Lipinski definition) is 4. The van der Waals surface area contributed by atoms with Crippen molar-refractivity contribution in [3.63, 3.8) is 0 Å². The molecular weight excluding hydrogens is 829 g/mol. The van der Waals surface area contributed by atoms with Crippen LogP contribution in [0.5, 0.6) is 0 Å². The van der Waals surface area contributed by atoms with Crippen molar-refractivity contribution in [2.75, 3.05) is 71.3 Å². The summed E-state index contributed by atoms with van der Waals surface area (Å²) in [7, 11) is 0. The molecule has 0 aliphatic carbocycles. The standard InChI is InChI=1S/C42H62N6O13S/c1-41(2,3)60-39(55)32(12-7-8-17-47-34(50)13-14-35(47)51)48(36(52)26-43)38(54)30(15-23-62-6)46-37(53)29-11-9-10-28(24-29)31-25-42(4,5)61-40(56)44-16-18-57-19-20-58-21-22-59-27-33(49)45-31/h9-11,13-14,24,30-32H,7-8,12,15-23,25-27,43H2,1-6H3,(H,44,56)(H,45,49)(H,46,53)/t30-,31?,32-/m0/s1. The minimum Gasteiger partial charge on any atom is -0.458 e. The van der Waals surface area contributed by atoms with Crippen molar-refractivity contribution in [3.05, 3.63) is 47.5 Å². The van der Waals surface area contributed by atoms with Gasteiger partial charge in [0.1, 0.15) is 29.9 Å². The first kappa shape index (κ1) is 51.5. The van der Waals surface area contributed by atoms with Crippen molar-refractivity contribution in [2.45, 2.75) is 96.1 Å². The highest BCUT2D eigenvalue weighted by Crippen LogP contribution is 2.28. The molecular formula is C42H62N6O13S. The van der Waals surface area contributed by atoms with E-state index in [0.717, 1.165) is 22.0 Å². The molecule has 20 heteroatoms. The Bertz CT molecular complexity index is 1750. The lowest BCUT2D eigenvalue weighted by Crippen LogP contribution is -2.58. The molecule has 2 aliphatic rings. The first-order chi connectivity index (χ1) is 29.4. The fourth-order valence-corrected chi connectivity index (χ4v) is 6.94. The van der Waals surface area contributed by atoms with Crippen LogP contribution in [0.15, 0.2) is 36.4 Å². The fourth-order valence-electron chi connectivity index (χ4n) is 6.47. The van der Waals surface area contributed by atoms with Gasteiger partial charge in [-0.25, -0.2) is 9.59 Å². The van der Waals surface area contributed by atoms with E-state index >= 15 is 0 Å². The van der Waals surface area contributed by atoms with Crippen molar-refractivity contribution in [2.24, 2.45) is 5.73 Å². The van der Waals surface area contributed by atoms with Gasteiger partial charge in [0.25, 0.3) is 23.6 Å². The van der Waals surface area contributed by atoms with Crippen LogP contribution in [-0.2, 0) is 52.5 Å². The van der Waals surface area contributed by atoms with Crippen LogP contribution in [0.3, 0.4) is 0 Å². The number of benzene rings is 1. The monoisotopic (exact) mass is 890 g/mol. The molecule has 0 spiro atoms. The quantitative estimate of drug-likeness (QED) is 0.111. The van der Waals surface area contributed by atoms with Crippen molar-refractivity contribution < 1.29 is 62.0 Å². The van der Waals surface area contributed by atoms with E-state index < -0.39 is 83.4 Å². The Labute approximate surface area is 366 Å². The zero-order valence-electron chi connectivity index (χ0n) is 36.5. The third-order valence-corrected chi connectivity index (χ3v) is 9.98. The summed E-state index contributed by atoms with van der Waals surface area (Å²) in [6.07, 6.45) is 3.97. The maximum atomic E-state index is 14.5. The summed E-state index contributed by atoms with van der Waals surface area (Å²) < 4.78 is 27.7. The number of ether oxygens (including phenoxy) is 5. The lowest BCUT2D eigenvalue weighted by Gasteiger charge is -2.33. The van der Waals surface area contributed by atoms with Crippen LogP contribution >= 0.6 is 11.8 Å². The summed E-state index contributed by atoms with van der Waals surface area (Å²) >= 11 is 1.39. The zero-order chi connectivity index (χ0) is 45.9. The normalized spacial score (nSPS) is 19.2. The number of rotatable bonds is 15. The van der Waals surface area contributed by atoms with Gasteiger partial charge in [0.05, 0.1) is 45.6 Å². The van der Waals surface area contributed by atoms with Gasteiger partial charge in [-0.3, -0.25) is 38.6 Å². The number of carbonyl (C=O) groups excluding carboxylic acids is 8. The lowest BCUT2D eigenvalue weighted by molar-refractivity contribution is -0.169. The minimum absolute atomic E-state index is 0.0549. The molecule has 0 aromatic heterocycles. The number of nitrogens with one attached hydrogen (secondary N) is 3. The molecule has 62 heavy (non-hydrogen) atoms. The molecule has 0 radical (unpaired) electrons. The summed E-state index contributed by atoms with van der Waals surface area (Å²) in [5.41, 5.74) is 4.25. The van der Waals surface area contributed by atoms with Crippen LogP contribution in [0, 0.1) is 0 Å². The number of carbonyl (C=O) groups is 8. The Morgan fingerprint density at radius 1 is 0.984 bits per heavy atom. The van der Waals surface area contributed by atoms with E-state index in [9.17, 15) is 38.4 Å². The second-order valence-corrected chi connectivity index (χ2v) is 17.1. The van der Waals surface area contributed by atoms with Gasteiger partial charge in [-0.05, 0) is 90.0 Å². The van der Waals surface area contributed by atoms with Crippen molar-refractivity contribution in [1.29, 1.82) is 0 Å². The average molecular weight is 891 g/mol. The maximum absolute atomic E-state index is 14.5. The topological polar surface area (TPSA) is 251 Å². The Morgan fingerprint density at radius 2 is 1.65 bits per heavy atom. The molecule has 5 N–H and O–H groups in total. The van der Waals surface area contributed by atoms with Gasteiger partial charge >= 0.3 is 12.1 Å². The molecule has 1 aromatic rings. The minimum atomic E-state index is -1.45. The Kier molecular flexibility index (Phi) is 21.0. The average Bonchev–Trinajstić information content (AvgIpc) is 3.53. The van der Waals surface area contributed by atoms with E-state index in [4.69, 9.17) is 29.4 Å². The van der Waals surface area contributed by atoms with E-state index in [-0.39, 0.29) is 77.2 Å². The predicted octanol–water partition coefficient (Wildman–Crippen LogP) is 1.77. The third-order valence-electron chi connectivity index (χ3n) is 9.34. The van der Waals surface area contributed by atoms with Crippen molar-refractivity contribution in [1.82, 2.24) is 25.8 Å². The molecule has 0 saturated carbocycles. The Morgan fingerprint density at radius 3 is 2.29 bits per heavy atom. The molecule has 1 aromatic carbocycles. The van der Waals surface area contributed by atoms with Crippen LogP contribution in [0.4, 0.5) is 4.79 Å². The van der Waals surface area contributed by atoms with E-state index in [2.05, 4.69) is 16.0 Å². The van der Waals surface area contributed by atoms with Gasteiger partial charge in [-0.2, -0.15) is 11.8 Å². The number of alkyl carbamates (subject to hydrolysis) is 1. The Hall–Kier alpha value is -4.89. The molecule has 2 aliphatic heterocycles. The number of esters is 1. The highest BCUT2D eigenvalue weighted by molar-refractivity contribution is 7.98. The van der Waals surface area contributed by atoms with Gasteiger partial charge in [-0.15, -0.1) is 0 Å². The number of thioether (sulfide) groups is 1. The van der Waals surface area contributed by atoms with E-state index in [0.29, 0.717) is 24.5 Å². The van der Waals surface area contributed by atoms with E-state index in [1.165, 1.54) is 23.9 Å². The number of imide groups is 2. The lowest BCUT2D eigenvalue weighted by atomic mass is 9.92. The van der Waals surface area contributed by atoms with E-state index in [1.807, 2.05) is 0 Å². The van der Waals surface area contributed by atoms with Gasteiger partial charge in [-0.1, -0.05) is 12.1 Å². The molecule has 19 nitrogen and oxygen atoms in total. The largest absolute Gasteiger partial charge is 0.458 e. The molecule has 1 fully saturated rings. The smallest absolute Gasteiger partial charge is 0.407 e. The molecule has 1 saturated heterocycles. The van der Waals surface area contributed by atoms with Crippen LogP contribution < -0.4 is 21.7 Å². The molecule has 344 valence electrons. The molecule has 3 atom stereocenters. The number of nitrogens with zero attached hydrogens (tertiary/aromatic N) is 2. The van der Waals surface area contributed by atoms with Crippen molar-refractivity contribution >= 4 is 59.3 Å². The molecule has 2 heterocycles. The summed E-state index contributed by atoms with van der Waals surface area (Å²) in [5.74, 6) is -4.35. The van der Waals surface area contributed by atoms with Crippen LogP contribution in [0.25, 0.3) is 0 Å².